The van der Waals surface area contributed by atoms with E-state index in [1.807, 2.05) is 32.0 Å². The van der Waals surface area contributed by atoms with Gasteiger partial charge in [-0.25, -0.2) is 8.42 Å². The van der Waals surface area contributed by atoms with E-state index >= 15 is 0 Å². The summed E-state index contributed by atoms with van der Waals surface area (Å²) in [5, 5.41) is 3.25. The van der Waals surface area contributed by atoms with Crippen LogP contribution in [0.25, 0.3) is 0 Å². The third kappa shape index (κ3) is 4.96. The fourth-order valence-electron chi connectivity index (χ4n) is 2.83. The number of benzene rings is 3. The molecule has 0 bridgehead atoms. The van der Waals surface area contributed by atoms with Crippen LogP contribution >= 0.6 is 11.6 Å². The van der Waals surface area contributed by atoms with Gasteiger partial charge in [-0.1, -0.05) is 41.9 Å². The van der Waals surface area contributed by atoms with Crippen molar-refractivity contribution in [1.82, 2.24) is 0 Å². The van der Waals surface area contributed by atoms with Crippen molar-refractivity contribution in [2.45, 2.75) is 18.7 Å². The average Bonchev–Trinajstić information content (AvgIpc) is 2.70. The Bertz CT molecular complexity index is 1110. The molecule has 3 aromatic rings. The number of halogens is 1. The van der Waals surface area contributed by atoms with E-state index in [4.69, 9.17) is 11.6 Å². The summed E-state index contributed by atoms with van der Waals surface area (Å²) in [4.78, 5) is 12.8. The third-order valence-electron chi connectivity index (χ3n) is 4.40. The smallest absolute Gasteiger partial charge is 0.264 e. The zero-order valence-electron chi connectivity index (χ0n) is 16.1. The van der Waals surface area contributed by atoms with Gasteiger partial charge < -0.3 is 5.32 Å². The molecule has 0 aliphatic carbocycles. The topological polar surface area (TPSA) is 66.5 Å². The van der Waals surface area contributed by atoms with E-state index in [1.54, 1.807) is 30.3 Å². The molecule has 150 valence electrons. The number of anilines is 2. The van der Waals surface area contributed by atoms with E-state index in [-0.39, 0.29) is 11.4 Å². The summed E-state index contributed by atoms with van der Waals surface area (Å²) in [6.45, 7) is 3.45. The molecule has 0 saturated carbocycles. The van der Waals surface area contributed by atoms with E-state index < -0.39 is 15.9 Å². The molecular formula is C22H21ClN2O3S. The lowest BCUT2D eigenvalue weighted by Crippen LogP contribution is -2.38. The minimum atomic E-state index is -3.96. The highest BCUT2D eigenvalue weighted by molar-refractivity contribution is 7.92. The van der Waals surface area contributed by atoms with Gasteiger partial charge in [0.1, 0.15) is 6.54 Å². The second-order valence-corrected chi connectivity index (χ2v) is 8.97. The van der Waals surface area contributed by atoms with Crippen LogP contribution in [0.4, 0.5) is 11.4 Å². The number of nitrogens with zero attached hydrogens (tertiary/aromatic N) is 1. The first-order chi connectivity index (χ1) is 13.8. The molecule has 0 aromatic heterocycles. The zero-order chi connectivity index (χ0) is 21.0. The van der Waals surface area contributed by atoms with E-state index in [0.717, 1.165) is 15.4 Å². The van der Waals surface area contributed by atoms with E-state index in [1.165, 1.54) is 24.3 Å². The van der Waals surface area contributed by atoms with Crippen molar-refractivity contribution < 1.29 is 13.2 Å². The van der Waals surface area contributed by atoms with Crippen LogP contribution in [0.5, 0.6) is 0 Å². The van der Waals surface area contributed by atoms with Crippen molar-refractivity contribution in [2.75, 3.05) is 16.2 Å². The van der Waals surface area contributed by atoms with E-state index in [0.29, 0.717) is 16.4 Å². The van der Waals surface area contributed by atoms with Gasteiger partial charge in [-0.05, 0) is 67.4 Å². The van der Waals surface area contributed by atoms with Crippen LogP contribution in [0.2, 0.25) is 5.02 Å². The van der Waals surface area contributed by atoms with Gasteiger partial charge in [-0.2, -0.15) is 0 Å². The maximum atomic E-state index is 13.3. The lowest BCUT2D eigenvalue weighted by atomic mass is 10.1. The molecule has 0 saturated heterocycles. The highest BCUT2D eigenvalue weighted by Gasteiger charge is 2.27. The molecule has 0 spiro atoms. The Balaban J connectivity index is 1.93. The Morgan fingerprint density at radius 2 is 1.62 bits per heavy atom. The van der Waals surface area contributed by atoms with Crippen LogP contribution in [0, 0.1) is 13.8 Å². The van der Waals surface area contributed by atoms with Crippen LogP contribution in [0.3, 0.4) is 0 Å². The van der Waals surface area contributed by atoms with Gasteiger partial charge in [-0.15, -0.1) is 0 Å². The predicted octanol–water partition coefficient (Wildman–Crippen LogP) is 4.79. The number of sulfonamides is 1. The standard InChI is InChI=1S/C22H21ClN2O3S/c1-16-8-9-17(2)21(14-16)24-22(26)15-25(19-6-4-3-5-7-19)29(27,28)20-12-10-18(23)11-13-20/h3-14H,15H2,1-2H3,(H,24,26). The number of amides is 1. The minimum absolute atomic E-state index is 0.0605. The van der Waals surface area contributed by atoms with E-state index in [9.17, 15) is 13.2 Å². The maximum absolute atomic E-state index is 13.3. The third-order valence-corrected chi connectivity index (χ3v) is 6.44. The molecule has 5 nitrogen and oxygen atoms in total. The summed E-state index contributed by atoms with van der Waals surface area (Å²) in [6, 6.07) is 20.1. The second kappa shape index (κ2) is 8.68. The normalized spacial score (nSPS) is 11.1. The number of aryl methyl sites for hydroxylation is 2. The first kappa shape index (κ1) is 20.9. The van der Waals surface area contributed by atoms with Gasteiger partial charge >= 0.3 is 0 Å². The fourth-order valence-corrected chi connectivity index (χ4v) is 4.38. The first-order valence-corrected chi connectivity index (χ1v) is 10.8. The van der Waals surface area contributed by atoms with Crippen molar-refractivity contribution in [1.29, 1.82) is 0 Å². The molecule has 0 heterocycles. The van der Waals surface area contributed by atoms with Crippen molar-refractivity contribution in [3.8, 4) is 0 Å². The predicted molar refractivity (Wildman–Crippen MR) is 117 cm³/mol. The molecule has 0 aliphatic rings. The number of carbonyl (C=O) groups is 1. The van der Waals surface area contributed by atoms with Crippen LogP contribution in [-0.4, -0.2) is 20.9 Å². The molecule has 0 atom stereocenters. The number of carbonyl (C=O) groups excluding carboxylic acids is 1. The Hall–Kier alpha value is -2.83. The Morgan fingerprint density at radius 1 is 0.966 bits per heavy atom. The minimum Gasteiger partial charge on any atom is -0.324 e. The van der Waals surface area contributed by atoms with Crippen molar-refractivity contribution >= 4 is 38.9 Å². The summed E-state index contributed by atoms with van der Waals surface area (Å²) in [5.41, 5.74) is 2.96. The van der Waals surface area contributed by atoms with Gasteiger partial charge in [0.2, 0.25) is 5.91 Å². The lowest BCUT2D eigenvalue weighted by Gasteiger charge is -2.24. The molecule has 7 heteroatoms. The van der Waals surface area contributed by atoms with Crippen molar-refractivity contribution in [2.24, 2.45) is 0 Å². The summed E-state index contributed by atoms with van der Waals surface area (Å²) < 4.78 is 27.6. The average molecular weight is 429 g/mol. The number of rotatable bonds is 6. The maximum Gasteiger partial charge on any atom is 0.264 e. The highest BCUT2D eigenvalue weighted by Crippen LogP contribution is 2.25. The van der Waals surface area contributed by atoms with Crippen molar-refractivity contribution in [3.05, 3.63) is 88.9 Å². The zero-order valence-corrected chi connectivity index (χ0v) is 17.7. The first-order valence-electron chi connectivity index (χ1n) is 8.98. The Labute approximate surface area is 176 Å². The molecule has 0 aliphatic heterocycles. The lowest BCUT2D eigenvalue weighted by molar-refractivity contribution is -0.114. The Kier molecular flexibility index (Phi) is 6.25. The molecule has 1 amide bonds. The van der Waals surface area contributed by atoms with Crippen molar-refractivity contribution in [3.63, 3.8) is 0 Å². The molecule has 3 rings (SSSR count). The fraction of sp³-hybridized carbons (Fsp3) is 0.136. The number of hydrogen-bond acceptors (Lipinski definition) is 3. The molecule has 0 unspecified atom stereocenters. The number of para-hydroxylation sites is 1. The monoisotopic (exact) mass is 428 g/mol. The SMILES string of the molecule is Cc1ccc(C)c(NC(=O)CN(c2ccccc2)S(=O)(=O)c2ccc(Cl)cc2)c1. The van der Waals surface area contributed by atoms with Gasteiger partial charge in [0, 0.05) is 10.7 Å². The van der Waals surface area contributed by atoms with Crippen LogP contribution < -0.4 is 9.62 Å². The van der Waals surface area contributed by atoms with Gasteiger partial charge in [-0.3, -0.25) is 9.10 Å². The van der Waals surface area contributed by atoms with E-state index in [2.05, 4.69) is 5.32 Å². The number of nitrogens with one attached hydrogen (secondary N) is 1. The Morgan fingerprint density at radius 3 is 2.28 bits per heavy atom. The summed E-state index contributed by atoms with van der Waals surface area (Å²) in [6.07, 6.45) is 0. The summed E-state index contributed by atoms with van der Waals surface area (Å²) in [5.74, 6) is -0.430. The van der Waals surface area contributed by atoms with Crippen LogP contribution in [-0.2, 0) is 14.8 Å². The molecule has 1 N–H and O–H groups in total. The number of hydrogen-bond donors (Lipinski definition) is 1. The second-order valence-electron chi connectivity index (χ2n) is 6.67. The largest absolute Gasteiger partial charge is 0.324 e. The summed E-state index contributed by atoms with van der Waals surface area (Å²) in [7, 11) is -3.96. The van der Waals surface area contributed by atoms with Gasteiger partial charge in [0.15, 0.2) is 0 Å². The van der Waals surface area contributed by atoms with Gasteiger partial charge in [0.05, 0.1) is 10.6 Å². The van der Waals surface area contributed by atoms with Crippen LogP contribution in [0.15, 0.2) is 77.7 Å². The summed E-state index contributed by atoms with van der Waals surface area (Å²) >= 11 is 5.89. The molecule has 0 fully saturated rings. The molecule has 29 heavy (non-hydrogen) atoms. The highest BCUT2D eigenvalue weighted by atomic mass is 35.5. The quantitative estimate of drug-likeness (QED) is 0.613. The van der Waals surface area contributed by atoms with Crippen LogP contribution in [0.1, 0.15) is 11.1 Å². The van der Waals surface area contributed by atoms with Gasteiger partial charge in [0.25, 0.3) is 10.0 Å². The molecular weight excluding hydrogens is 408 g/mol. The molecule has 3 aromatic carbocycles. The molecule has 0 radical (unpaired) electrons.